The van der Waals surface area contributed by atoms with Crippen LogP contribution in [0.5, 0.6) is 0 Å². The lowest BCUT2D eigenvalue weighted by molar-refractivity contribution is -0.113. The fourth-order valence-electron chi connectivity index (χ4n) is 3.67. The van der Waals surface area contributed by atoms with E-state index >= 15 is 0 Å². The first-order valence-electron chi connectivity index (χ1n) is 10.6. The quantitative estimate of drug-likeness (QED) is 0.295. The molecule has 6 nitrogen and oxygen atoms in total. The number of pyridine rings is 1. The van der Waals surface area contributed by atoms with Crippen molar-refractivity contribution < 1.29 is 4.79 Å². The molecule has 0 fully saturated rings. The summed E-state index contributed by atoms with van der Waals surface area (Å²) < 4.78 is 1.91. The topological polar surface area (TPSA) is 72.7 Å². The third-order valence-electron chi connectivity index (χ3n) is 5.34. The number of aromatic nitrogens is 4. The maximum Gasteiger partial charge on any atom is 0.234 e. The SMILES string of the molecule is Cn1c(SCC(=O)Nc2ccccc2Cl)nnc1-c1cc(-c2ccccc2)nc2ccccc12. The number of amides is 1. The molecule has 0 atom stereocenters. The number of nitrogens with one attached hydrogen (secondary N) is 1. The third-order valence-corrected chi connectivity index (χ3v) is 6.69. The molecule has 0 aliphatic heterocycles. The molecule has 0 saturated carbocycles. The van der Waals surface area contributed by atoms with E-state index in [4.69, 9.17) is 16.6 Å². The summed E-state index contributed by atoms with van der Waals surface area (Å²) in [6.07, 6.45) is 0. The number of fused-ring (bicyclic) bond motifs is 1. The van der Waals surface area contributed by atoms with Gasteiger partial charge in [-0.15, -0.1) is 10.2 Å². The van der Waals surface area contributed by atoms with Crippen molar-refractivity contribution in [2.75, 3.05) is 11.1 Å². The van der Waals surface area contributed by atoms with Crippen LogP contribution in [-0.2, 0) is 11.8 Å². The summed E-state index contributed by atoms with van der Waals surface area (Å²) in [6.45, 7) is 0. The van der Waals surface area contributed by atoms with Crippen LogP contribution in [0.15, 0.2) is 90.1 Å². The Labute approximate surface area is 206 Å². The van der Waals surface area contributed by atoms with Crippen LogP contribution in [-0.4, -0.2) is 31.4 Å². The molecular formula is C26H20ClN5OS. The molecule has 1 N–H and O–H groups in total. The van der Waals surface area contributed by atoms with E-state index in [-0.39, 0.29) is 11.7 Å². The van der Waals surface area contributed by atoms with Crippen molar-refractivity contribution in [3.05, 3.63) is 90.0 Å². The number of carbonyl (C=O) groups is 1. The summed E-state index contributed by atoms with van der Waals surface area (Å²) >= 11 is 7.45. The van der Waals surface area contributed by atoms with Gasteiger partial charge in [0.15, 0.2) is 11.0 Å². The second kappa shape index (κ2) is 9.67. The van der Waals surface area contributed by atoms with Gasteiger partial charge in [0.25, 0.3) is 0 Å². The van der Waals surface area contributed by atoms with Crippen LogP contribution in [0, 0.1) is 0 Å². The maximum atomic E-state index is 12.4. The van der Waals surface area contributed by atoms with Gasteiger partial charge in [-0.1, -0.05) is 84.0 Å². The second-order valence-electron chi connectivity index (χ2n) is 7.62. The zero-order valence-corrected chi connectivity index (χ0v) is 19.8. The van der Waals surface area contributed by atoms with Gasteiger partial charge < -0.3 is 9.88 Å². The molecular weight excluding hydrogens is 466 g/mol. The predicted octanol–water partition coefficient (Wildman–Crippen LogP) is 6.08. The van der Waals surface area contributed by atoms with Crippen molar-refractivity contribution >= 4 is 45.9 Å². The van der Waals surface area contributed by atoms with Gasteiger partial charge in [0, 0.05) is 23.6 Å². The van der Waals surface area contributed by atoms with Crippen molar-refractivity contribution in [2.45, 2.75) is 5.16 Å². The number of para-hydroxylation sites is 2. The normalized spacial score (nSPS) is 11.0. The van der Waals surface area contributed by atoms with Gasteiger partial charge in [-0.2, -0.15) is 0 Å². The highest BCUT2D eigenvalue weighted by molar-refractivity contribution is 7.99. The summed E-state index contributed by atoms with van der Waals surface area (Å²) in [4.78, 5) is 17.3. The Morgan fingerprint density at radius 2 is 1.71 bits per heavy atom. The molecule has 8 heteroatoms. The lowest BCUT2D eigenvalue weighted by Gasteiger charge is -2.10. The molecule has 2 heterocycles. The molecule has 0 spiro atoms. The molecule has 168 valence electrons. The van der Waals surface area contributed by atoms with E-state index in [9.17, 15) is 4.79 Å². The molecule has 2 aromatic heterocycles. The number of benzene rings is 3. The van der Waals surface area contributed by atoms with Crippen LogP contribution in [0.4, 0.5) is 5.69 Å². The van der Waals surface area contributed by atoms with E-state index in [1.807, 2.05) is 84.4 Å². The molecule has 0 saturated heterocycles. The summed E-state index contributed by atoms with van der Waals surface area (Å²) in [5.74, 6) is 0.733. The Kier molecular flexibility index (Phi) is 6.29. The molecule has 0 aliphatic carbocycles. The van der Waals surface area contributed by atoms with E-state index in [1.54, 1.807) is 12.1 Å². The highest BCUT2D eigenvalue weighted by Crippen LogP contribution is 2.32. The molecule has 5 rings (SSSR count). The molecule has 0 bridgehead atoms. The predicted molar refractivity (Wildman–Crippen MR) is 138 cm³/mol. The molecule has 0 aliphatic rings. The number of nitrogens with zero attached hydrogens (tertiary/aromatic N) is 4. The van der Waals surface area contributed by atoms with Gasteiger partial charge in [-0.25, -0.2) is 4.98 Å². The van der Waals surface area contributed by atoms with Crippen LogP contribution in [0.2, 0.25) is 5.02 Å². The van der Waals surface area contributed by atoms with E-state index < -0.39 is 0 Å². The Hall–Kier alpha value is -3.68. The van der Waals surface area contributed by atoms with Gasteiger partial charge in [0.1, 0.15) is 0 Å². The molecule has 5 aromatic rings. The van der Waals surface area contributed by atoms with Crippen molar-refractivity contribution in [3.8, 4) is 22.6 Å². The Morgan fingerprint density at radius 1 is 0.971 bits per heavy atom. The first kappa shape index (κ1) is 22.1. The third kappa shape index (κ3) is 4.53. The average molecular weight is 486 g/mol. The smallest absolute Gasteiger partial charge is 0.234 e. The Morgan fingerprint density at radius 3 is 2.53 bits per heavy atom. The molecule has 3 aromatic carbocycles. The molecule has 1 amide bonds. The number of anilines is 1. The number of thioether (sulfide) groups is 1. The van der Waals surface area contributed by atoms with Gasteiger partial charge in [-0.3, -0.25) is 4.79 Å². The second-order valence-corrected chi connectivity index (χ2v) is 8.97. The van der Waals surface area contributed by atoms with E-state index in [0.717, 1.165) is 27.7 Å². The van der Waals surface area contributed by atoms with E-state index in [0.29, 0.717) is 21.7 Å². The van der Waals surface area contributed by atoms with Gasteiger partial charge in [-0.05, 0) is 24.3 Å². The first-order valence-corrected chi connectivity index (χ1v) is 12.0. The minimum absolute atomic E-state index is 0.164. The Bertz CT molecular complexity index is 1490. The first-order chi connectivity index (χ1) is 16.6. The number of carbonyl (C=O) groups excluding carboxylic acids is 1. The van der Waals surface area contributed by atoms with E-state index in [2.05, 4.69) is 15.5 Å². The zero-order chi connectivity index (χ0) is 23.5. The summed E-state index contributed by atoms with van der Waals surface area (Å²) in [5.41, 5.74) is 4.31. The largest absolute Gasteiger partial charge is 0.324 e. The standard InChI is InChI=1S/C26H20ClN5OS/c1-32-25(30-31-26(32)34-16-24(33)29-22-14-8-6-12-20(22)27)19-15-23(17-9-3-2-4-10-17)28-21-13-7-5-11-18(19)21/h2-15H,16H2,1H3,(H,29,33). The maximum absolute atomic E-state index is 12.4. The van der Waals surface area contributed by atoms with Crippen molar-refractivity contribution in [2.24, 2.45) is 7.05 Å². The van der Waals surface area contributed by atoms with Crippen LogP contribution in [0.3, 0.4) is 0 Å². The van der Waals surface area contributed by atoms with Crippen molar-refractivity contribution in [1.82, 2.24) is 19.7 Å². The van der Waals surface area contributed by atoms with Gasteiger partial charge >= 0.3 is 0 Å². The van der Waals surface area contributed by atoms with Gasteiger partial charge in [0.2, 0.25) is 5.91 Å². The van der Waals surface area contributed by atoms with Gasteiger partial charge in [0.05, 0.1) is 27.7 Å². The Balaban J connectivity index is 1.43. The number of hydrogen-bond acceptors (Lipinski definition) is 5. The number of halogens is 1. The molecule has 0 unspecified atom stereocenters. The summed E-state index contributed by atoms with van der Waals surface area (Å²) in [7, 11) is 1.90. The lowest BCUT2D eigenvalue weighted by atomic mass is 10.0. The summed E-state index contributed by atoms with van der Waals surface area (Å²) in [6, 6.07) is 27.2. The zero-order valence-electron chi connectivity index (χ0n) is 18.3. The fraction of sp³-hybridized carbons (Fsp3) is 0.0769. The van der Waals surface area contributed by atoms with Crippen molar-refractivity contribution in [3.63, 3.8) is 0 Å². The van der Waals surface area contributed by atoms with Crippen LogP contribution in [0.1, 0.15) is 0 Å². The van der Waals surface area contributed by atoms with E-state index in [1.165, 1.54) is 11.8 Å². The summed E-state index contributed by atoms with van der Waals surface area (Å²) in [5, 5.41) is 13.8. The minimum atomic E-state index is -0.164. The minimum Gasteiger partial charge on any atom is -0.324 e. The highest BCUT2D eigenvalue weighted by atomic mass is 35.5. The number of rotatable bonds is 6. The monoisotopic (exact) mass is 485 g/mol. The number of hydrogen-bond donors (Lipinski definition) is 1. The molecule has 0 radical (unpaired) electrons. The average Bonchev–Trinajstić information content (AvgIpc) is 3.24. The lowest BCUT2D eigenvalue weighted by Crippen LogP contribution is -2.14. The molecule has 34 heavy (non-hydrogen) atoms. The van der Waals surface area contributed by atoms with Crippen LogP contribution in [0.25, 0.3) is 33.5 Å². The van der Waals surface area contributed by atoms with Crippen LogP contribution < -0.4 is 5.32 Å². The van der Waals surface area contributed by atoms with Crippen molar-refractivity contribution in [1.29, 1.82) is 0 Å². The highest BCUT2D eigenvalue weighted by Gasteiger charge is 2.17. The van der Waals surface area contributed by atoms with Crippen LogP contribution >= 0.6 is 23.4 Å². The fourth-order valence-corrected chi connectivity index (χ4v) is 4.57.